The van der Waals surface area contributed by atoms with E-state index in [1.807, 2.05) is 0 Å². The van der Waals surface area contributed by atoms with E-state index in [0.29, 0.717) is 12.8 Å². The van der Waals surface area contributed by atoms with E-state index in [1.54, 1.807) is 0 Å². The lowest BCUT2D eigenvalue weighted by atomic mass is 10.1. The molecule has 0 saturated carbocycles. The van der Waals surface area contributed by atoms with E-state index in [4.69, 9.17) is 9.47 Å². The summed E-state index contributed by atoms with van der Waals surface area (Å²) in [6, 6.07) is 0. The SMILES string of the molecule is CC/C=C\C/C=C\C/C=C\C/C=C\C/C=C\CCCCCC(=O)O[C@@H](CO)COC(=O)CCCCCCC/C=C\C/C=C\CCCCC. The van der Waals surface area contributed by atoms with Crippen molar-refractivity contribution >= 4 is 11.9 Å². The molecule has 0 radical (unpaired) electrons. The first kappa shape index (κ1) is 45.1. The lowest BCUT2D eigenvalue weighted by Crippen LogP contribution is -2.28. The average Bonchev–Trinajstić information content (AvgIpc) is 3.09. The third kappa shape index (κ3) is 35.9. The number of aliphatic hydroxyl groups excluding tert-OH is 1. The van der Waals surface area contributed by atoms with Gasteiger partial charge < -0.3 is 14.6 Å². The highest BCUT2D eigenvalue weighted by Gasteiger charge is 2.16. The Morgan fingerprint density at radius 2 is 0.896 bits per heavy atom. The Morgan fingerprint density at radius 1 is 0.500 bits per heavy atom. The minimum atomic E-state index is -0.799. The number of hydrogen-bond acceptors (Lipinski definition) is 5. The number of aliphatic hydroxyl groups is 1. The topological polar surface area (TPSA) is 72.8 Å². The van der Waals surface area contributed by atoms with E-state index in [9.17, 15) is 14.7 Å². The number of esters is 2. The second-order valence-corrected chi connectivity index (χ2v) is 12.3. The van der Waals surface area contributed by atoms with Crippen molar-refractivity contribution in [2.75, 3.05) is 13.2 Å². The predicted octanol–water partition coefficient (Wildman–Crippen LogP) is 11.9. The summed E-state index contributed by atoms with van der Waals surface area (Å²) in [5.41, 5.74) is 0. The monoisotopic (exact) mass is 667 g/mol. The summed E-state index contributed by atoms with van der Waals surface area (Å²) in [4.78, 5) is 24.2. The summed E-state index contributed by atoms with van der Waals surface area (Å²) in [6.45, 7) is 3.93. The van der Waals surface area contributed by atoms with Crippen molar-refractivity contribution in [1.82, 2.24) is 0 Å². The van der Waals surface area contributed by atoms with Gasteiger partial charge in [0.15, 0.2) is 6.10 Å². The predicted molar refractivity (Wildman–Crippen MR) is 205 cm³/mol. The van der Waals surface area contributed by atoms with Gasteiger partial charge in [0.2, 0.25) is 0 Å². The molecule has 5 nitrogen and oxygen atoms in total. The molecule has 0 aliphatic carbocycles. The summed E-state index contributed by atoms with van der Waals surface area (Å²) in [6.07, 6.45) is 52.1. The number of rotatable bonds is 33. The minimum Gasteiger partial charge on any atom is -0.462 e. The Morgan fingerprint density at radius 3 is 1.38 bits per heavy atom. The van der Waals surface area contributed by atoms with Crippen LogP contribution in [0.3, 0.4) is 0 Å². The fourth-order valence-electron chi connectivity index (χ4n) is 4.78. The van der Waals surface area contributed by atoms with Crippen molar-refractivity contribution in [3.8, 4) is 0 Å². The van der Waals surface area contributed by atoms with Crippen LogP contribution in [0, 0.1) is 0 Å². The van der Waals surface area contributed by atoms with Gasteiger partial charge in [0.25, 0.3) is 0 Å². The molecule has 0 bridgehead atoms. The molecule has 0 aliphatic heterocycles. The minimum absolute atomic E-state index is 0.0919. The number of hydrogen-bond donors (Lipinski definition) is 1. The number of carbonyl (C=O) groups is 2. The van der Waals surface area contributed by atoms with E-state index >= 15 is 0 Å². The van der Waals surface area contributed by atoms with Gasteiger partial charge in [-0.25, -0.2) is 0 Å². The maximum Gasteiger partial charge on any atom is 0.306 e. The first-order chi connectivity index (χ1) is 23.6. The molecule has 0 rings (SSSR count). The van der Waals surface area contributed by atoms with Crippen LogP contribution in [-0.4, -0.2) is 36.4 Å². The van der Waals surface area contributed by atoms with Gasteiger partial charge >= 0.3 is 11.9 Å². The number of allylic oxidation sites excluding steroid dienone is 14. The van der Waals surface area contributed by atoms with Crippen LogP contribution >= 0.6 is 0 Å². The molecule has 1 atom stereocenters. The summed E-state index contributed by atoms with van der Waals surface area (Å²) in [5, 5.41) is 9.54. The van der Waals surface area contributed by atoms with E-state index in [2.05, 4.69) is 98.9 Å². The van der Waals surface area contributed by atoms with Crippen LogP contribution in [0.5, 0.6) is 0 Å². The van der Waals surface area contributed by atoms with Crippen LogP contribution < -0.4 is 0 Å². The van der Waals surface area contributed by atoms with Crippen LogP contribution in [-0.2, 0) is 19.1 Å². The highest BCUT2D eigenvalue weighted by atomic mass is 16.6. The maximum absolute atomic E-state index is 12.2. The molecule has 0 aromatic carbocycles. The Bertz CT molecular complexity index is 937. The number of ether oxygens (including phenoxy) is 2. The molecule has 0 aromatic rings. The molecule has 0 unspecified atom stereocenters. The van der Waals surface area contributed by atoms with Gasteiger partial charge in [-0.1, -0.05) is 137 Å². The fourth-order valence-corrected chi connectivity index (χ4v) is 4.78. The van der Waals surface area contributed by atoms with Gasteiger partial charge in [-0.3, -0.25) is 9.59 Å². The molecule has 0 aliphatic rings. The van der Waals surface area contributed by atoms with Gasteiger partial charge in [0.1, 0.15) is 6.61 Å². The highest BCUT2D eigenvalue weighted by molar-refractivity contribution is 5.70. The zero-order valence-corrected chi connectivity index (χ0v) is 30.7. The molecule has 5 heteroatoms. The van der Waals surface area contributed by atoms with Crippen LogP contribution in [0.2, 0.25) is 0 Å². The van der Waals surface area contributed by atoms with Gasteiger partial charge in [-0.15, -0.1) is 0 Å². The Kier molecular flexibility index (Phi) is 36.2. The third-order valence-electron chi connectivity index (χ3n) is 7.67. The van der Waals surface area contributed by atoms with Gasteiger partial charge in [-0.2, -0.15) is 0 Å². The van der Waals surface area contributed by atoms with Crippen molar-refractivity contribution in [2.24, 2.45) is 0 Å². The molecule has 0 amide bonds. The van der Waals surface area contributed by atoms with Crippen molar-refractivity contribution in [3.05, 3.63) is 85.1 Å². The van der Waals surface area contributed by atoms with Crippen molar-refractivity contribution in [3.63, 3.8) is 0 Å². The van der Waals surface area contributed by atoms with Crippen LogP contribution in [0.1, 0.15) is 155 Å². The Balaban J connectivity index is 3.70. The average molecular weight is 667 g/mol. The zero-order chi connectivity index (χ0) is 35.0. The van der Waals surface area contributed by atoms with Crippen molar-refractivity contribution < 1.29 is 24.2 Å². The molecular weight excluding hydrogens is 596 g/mol. The molecular formula is C43H70O5. The van der Waals surface area contributed by atoms with Gasteiger partial charge in [-0.05, 0) is 89.9 Å². The quantitative estimate of drug-likeness (QED) is 0.0429. The Labute approximate surface area is 295 Å². The molecule has 0 saturated heterocycles. The fraction of sp³-hybridized carbons (Fsp3) is 0.628. The highest BCUT2D eigenvalue weighted by Crippen LogP contribution is 2.10. The van der Waals surface area contributed by atoms with E-state index in [-0.39, 0.29) is 25.2 Å². The third-order valence-corrected chi connectivity index (χ3v) is 7.67. The molecule has 0 fully saturated rings. The first-order valence-electron chi connectivity index (χ1n) is 19.1. The van der Waals surface area contributed by atoms with Crippen molar-refractivity contribution in [2.45, 2.75) is 161 Å². The Hall–Kier alpha value is -2.92. The lowest BCUT2D eigenvalue weighted by molar-refractivity contribution is -0.161. The van der Waals surface area contributed by atoms with Gasteiger partial charge in [0, 0.05) is 12.8 Å². The standard InChI is InChI=1S/C43H70O5/c1-3-5-7-9-11-13-15-17-19-20-21-22-24-26-28-30-32-34-36-38-43(46)48-41(39-44)40-47-42(45)37-35-33-31-29-27-25-23-18-16-14-12-10-8-6-4-2/h5,7,11-14,17-19,21-23,26,28,41,44H,3-4,6,8-10,15-16,20,24-25,27,29-40H2,1-2H3/b7-5-,13-11-,14-12-,19-17-,22-21-,23-18-,28-26-/t41-/m0/s1. The second kappa shape index (κ2) is 38.5. The van der Waals surface area contributed by atoms with Crippen LogP contribution in [0.15, 0.2) is 85.1 Å². The maximum atomic E-state index is 12.2. The summed E-state index contributed by atoms with van der Waals surface area (Å²) in [7, 11) is 0. The molecule has 0 aromatic heterocycles. The largest absolute Gasteiger partial charge is 0.462 e. The zero-order valence-electron chi connectivity index (χ0n) is 30.7. The van der Waals surface area contributed by atoms with Gasteiger partial charge in [0.05, 0.1) is 6.61 Å². The second-order valence-electron chi connectivity index (χ2n) is 12.3. The number of unbranched alkanes of at least 4 members (excludes halogenated alkanes) is 11. The molecule has 48 heavy (non-hydrogen) atoms. The van der Waals surface area contributed by atoms with E-state index in [1.165, 1.54) is 32.1 Å². The smallest absolute Gasteiger partial charge is 0.306 e. The molecule has 0 spiro atoms. The van der Waals surface area contributed by atoms with Crippen LogP contribution in [0.25, 0.3) is 0 Å². The first-order valence-corrected chi connectivity index (χ1v) is 19.1. The summed E-state index contributed by atoms with van der Waals surface area (Å²) < 4.78 is 10.6. The summed E-state index contributed by atoms with van der Waals surface area (Å²) in [5.74, 6) is -0.654. The van der Waals surface area contributed by atoms with E-state index < -0.39 is 6.10 Å². The number of carbonyl (C=O) groups excluding carboxylic acids is 2. The molecule has 272 valence electrons. The normalized spacial score (nSPS) is 13.1. The van der Waals surface area contributed by atoms with Crippen molar-refractivity contribution in [1.29, 1.82) is 0 Å². The van der Waals surface area contributed by atoms with E-state index in [0.717, 1.165) is 96.3 Å². The molecule has 0 heterocycles. The molecule has 1 N–H and O–H groups in total. The van der Waals surface area contributed by atoms with Crippen LogP contribution in [0.4, 0.5) is 0 Å². The lowest BCUT2D eigenvalue weighted by Gasteiger charge is -2.15. The summed E-state index contributed by atoms with van der Waals surface area (Å²) >= 11 is 0.